The van der Waals surface area contributed by atoms with Gasteiger partial charge in [-0.25, -0.2) is 0 Å². The zero-order valence-corrected chi connectivity index (χ0v) is 11.0. The highest BCUT2D eigenvalue weighted by molar-refractivity contribution is 5.66. The van der Waals surface area contributed by atoms with E-state index in [4.69, 9.17) is 14.9 Å². The van der Waals surface area contributed by atoms with Crippen LogP contribution in [-0.2, 0) is 9.53 Å². The lowest BCUT2D eigenvalue weighted by Crippen LogP contribution is -2.09. The van der Waals surface area contributed by atoms with Crippen LogP contribution < -0.4 is 0 Å². The minimum absolute atomic E-state index is 0.153. The van der Waals surface area contributed by atoms with E-state index in [2.05, 4.69) is 13.8 Å². The molecule has 1 saturated heterocycles. The standard InChI is InChI=1S/C8H16O2.C5H10O2/c1-7(2)5-3-4-6-8(9)10;6-4-5-2-1-3-7-5/h7H,3-6H2,1-2H3,(H,9,10);5-6H,1-4H2. The third kappa shape index (κ3) is 11.6. The summed E-state index contributed by atoms with van der Waals surface area (Å²) in [5.41, 5.74) is 0. The smallest absolute Gasteiger partial charge is 0.303 e. The van der Waals surface area contributed by atoms with Crippen LogP contribution in [0.1, 0.15) is 52.4 Å². The van der Waals surface area contributed by atoms with Crippen molar-refractivity contribution in [1.29, 1.82) is 0 Å². The Morgan fingerprint density at radius 3 is 2.47 bits per heavy atom. The molecule has 1 aliphatic heterocycles. The summed E-state index contributed by atoms with van der Waals surface area (Å²) < 4.78 is 5.05. The van der Waals surface area contributed by atoms with Crippen molar-refractivity contribution in [3.8, 4) is 0 Å². The maximum absolute atomic E-state index is 10.0. The molecular formula is C13H26O4. The molecule has 0 saturated carbocycles. The molecule has 1 fully saturated rings. The van der Waals surface area contributed by atoms with Gasteiger partial charge in [0.2, 0.25) is 0 Å². The van der Waals surface area contributed by atoms with Gasteiger partial charge in [-0.3, -0.25) is 4.79 Å². The van der Waals surface area contributed by atoms with Crippen molar-refractivity contribution in [1.82, 2.24) is 0 Å². The lowest BCUT2D eigenvalue weighted by atomic mass is 10.1. The summed E-state index contributed by atoms with van der Waals surface area (Å²) in [6, 6.07) is 0. The minimum atomic E-state index is -0.677. The Morgan fingerprint density at radius 2 is 2.12 bits per heavy atom. The molecule has 0 aromatic rings. The van der Waals surface area contributed by atoms with Gasteiger partial charge < -0.3 is 14.9 Å². The molecule has 0 radical (unpaired) electrons. The molecule has 1 atom stereocenters. The Hall–Kier alpha value is -0.610. The van der Waals surface area contributed by atoms with Gasteiger partial charge in [0.05, 0.1) is 12.7 Å². The van der Waals surface area contributed by atoms with Crippen molar-refractivity contribution in [3.05, 3.63) is 0 Å². The summed E-state index contributed by atoms with van der Waals surface area (Å²) in [6.07, 6.45) is 5.65. The van der Waals surface area contributed by atoms with E-state index in [1.807, 2.05) is 0 Å². The van der Waals surface area contributed by atoms with Crippen LogP contribution in [0.4, 0.5) is 0 Å². The van der Waals surface area contributed by atoms with Gasteiger partial charge in [0.25, 0.3) is 0 Å². The van der Waals surface area contributed by atoms with Gasteiger partial charge in [-0.1, -0.05) is 26.7 Å². The zero-order valence-electron chi connectivity index (χ0n) is 11.0. The van der Waals surface area contributed by atoms with E-state index in [9.17, 15) is 4.79 Å². The molecule has 1 heterocycles. The maximum Gasteiger partial charge on any atom is 0.303 e. The van der Waals surface area contributed by atoms with Gasteiger partial charge in [0.15, 0.2) is 0 Å². The highest BCUT2D eigenvalue weighted by Gasteiger charge is 2.12. The first-order chi connectivity index (χ1) is 8.06. The first kappa shape index (κ1) is 16.4. The summed E-state index contributed by atoms with van der Waals surface area (Å²) in [4.78, 5) is 10.0. The van der Waals surface area contributed by atoms with Crippen molar-refractivity contribution in [2.75, 3.05) is 13.2 Å². The second-order valence-electron chi connectivity index (χ2n) is 4.85. The summed E-state index contributed by atoms with van der Waals surface area (Å²) in [5.74, 6) is 0.0255. The van der Waals surface area contributed by atoms with Crippen molar-refractivity contribution in [3.63, 3.8) is 0 Å². The summed E-state index contributed by atoms with van der Waals surface area (Å²) in [6.45, 7) is 5.34. The number of rotatable bonds is 6. The molecule has 0 aromatic heterocycles. The number of aliphatic carboxylic acids is 1. The number of aliphatic hydroxyl groups is 1. The Balaban J connectivity index is 0.000000318. The van der Waals surface area contributed by atoms with E-state index >= 15 is 0 Å². The molecule has 102 valence electrons. The molecule has 0 aromatic carbocycles. The normalized spacial score (nSPS) is 18.9. The van der Waals surface area contributed by atoms with E-state index < -0.39 is 5.97 Å². The molecule has 17 heavy (non-hydrogen) atoms. The van der Waals surface area contributed by atoms with E-state index in [1.165, 1.54) is 0 Å². The van der Waals surface area contributed by atoms with Crippen LogP contribution in [0, 0.1) is 5.92 Å². The molecular weight excluding hydrogens is 220 g/mol. The van der Waals surface area contributed by atoms with Gasteiger partial charge in [0, 0.05) is 13.0 Å². The summed E-state index contributed by atoms with van der Waals surface area (Å²) in [5, 5.41) is 16.7. The van der Waals surface area contributed by atoms with E-state index in [-0.39, 0.29) is 12.7 Å². The number of carboxylic acid groups (broad SMARTS) is 1. The van der Waals surface area contributed by atoms with Crippen LogP contribution >= 0.6 is 0 Å². The van der Waals surface area contributed by atoms with Crippen molar-refractivity contribution < 1.29 is 19.7 Å². The third-order valence-electron chi connectivity index (χ3n) is 2.65. The molecule has 2 N–H and O–H groups in total. The van der Waals surface area contributed by atoms with Crippen LogP contribution in [-0.4, -0.2) is 35.5 Å². The average molecular weight is 246 g/mol. The fourth-order valence-electron chi connectivity index (χ4n) is 1.62. The fraction of sp³-hybridized carbons (Fsp3) is 0.923. The van der Waals surface area contributed by atoms with E-state index in [1.54, 1.807) is 0 Å². The highest BCUT2D eigenvalue weighted by Crippen LogP contribution is 2.09. The van der Waals surface area contributed by atoms with Gasteiger partial charge in [-0.2, -0.15) is 0 Å². The van der Waals surface area contributed by atoms with Crippen LogP contribution in [0.15, 0.2) is 0 Å². The molecule has 1 unspecified atom stereocenters. The molecule has 0 amide bonds. The lowest BCUT2D eigenvalue weighted by Gasteiger charge is -2.01. The Bertz CT molecular complexity index is 186. The van der Waals surface area contributed by atoms with Crippen LogP contribution in [0.2, 0.25) is 0 Å². The second-order valence-corrected chi connectivity index (χ2v) is 4.85. The number of hydrogen-bond acceptors (Lipinski definition) is 3. The molecule has 4 nitrogen and oxygen atoms in total. The van der Waals surface area contributed by atoms with Crippen molar-refractivity contribution >= 4 is 5.97 Å². The van der Waals surface area contributed by atoms with Gasteiger partial charge in [0.1, 0.15) is 0 Å². The first-order valence-corrected chi connectivity index (χ1v) is 6.50. The quantitative estimate of drug-likeness (QED) is 0.706. The molecule has 4 heteroatoms. The Kier molecular flexibility index (Phi) is 10.2. The van der Waals surface area contributed by atoms with Crippen molar-refractivity contribution in [2.45, 2.75) is 58.5 Å². The second kappa shape index (κ2) is 10.5. The number of carbonyl (C=O) groups is 1. The van der Waals surface area contributed by atoms with Crippen LogP contribution in [0.3, 0.4) is 0 Å². The predicted molar refractivity (Wildman–Crippen MR) is 67.0 cm³/mol. The first-order valence-electron chi connectivity index (χ1n) is 6.50. The summed E-state index contributed by atoms with van der Waals surface area (Å²) >= 11 is 0. The molecule has 0 bridgehead atoms. The monoisotopic (exact) mass is 246 g/mol. The van der Waals surface area contributed by atoms with Gasteiger partial charge in [-0.15, -0.1) is 0 Å². The number of hydrogen-bond donors (Lipinski definition) is 2. The molecule has 1 rings (SSSR count). The van der Waals surface area contributed by atoms with Crippen molar-refractivity contribution in [2.24, 2.45) is 5.92 Å². The predicted octanol–water partition coefficient (Wildman–Crippen LogP) is 2.45. The topological polar surface area (TPSA) is 66.8 Å². The fourth-order valence-corrected chi connectivity index (χ4v) is 1.62. The van der Waals surface area contributed by atoms with E-state index in [0.29, 0.717) is 12.3 Å². The maximum atomic E-state index is 10.0. The Labute approximate surface area is 104 Å². The molecule has 1 aliphatic rings. The molecule has 0 spiro atoms. The largest absolute Gasteiger partial charge is 0.481 e. The number of ether oxygens (including phenoxy) is 1. The average Bonchev–Trinajstić information content (AvgIpc) is 2.77. The third-order valence-corrected chi connectivity index (χ3v) is 2.65. The van der Waals surface area contributed by atoms with Crippen LogP contribution in [0.25, 0.3) is 0 Å². The number of carboxylic acids is 1. The molecule has 0 aliphatic carbocycles. The minimum Gasteiger partial charge on any atom is -0.481 e. The lowest BCUT2D eigenvalue weighted by molar-refractivity contribution is -0.137. The van der Waals surface area contributed by atoms with E-state index in [0.717, 1.165) is 38.7 Å². The highest BCUT2D eigenvalue weighted by atomic mass is 16.5. The van der Waals surface area contributed by atoms with Gasteiger partial charge >= 0.3 is 5.97 Å². The summed E-state index contributed by atoms with van der Waals surface area (Å²) in [7, 11) is 0. The van der Waals surface area contributed by atoms with Gasteiger partial charge in [-0.05, 0) is 25.2 Å². The number of unbranched alkanes of at least 4 members (excludes halogenated alkanes) is 1. The Morgan fingerprint density at radius 1 is 1.41 bits per heavy atom. The number of aliphatic hydroxyl groups excluding tert-OH is 1. The zero-order chi connectivity index (χ0) is 13.1. The van der Waals surface area contributed by atoms with Crippen LogP contribution in [0.5, 0.6) is 0 Å². The SMILES string of the molecule is CC(C)CCCCC(=O)O.OCC1CCCO1.